The van der Waals surface area contributed by atoms with Gasteiger partial charge < -0.3 is 19.6 Å². The Morgan fingerprint density at radius 2 is 2.04 bits per heavy atom. The largest absolute Gasteiger partial charge is 0.478 e. The number of ether oxygens (including phenoxy) is 1. The minimum absolute atomic E-state index is 0.00196. The first-order valence-corrected chi connectivity index (χ1v) is 8.52. The zero-order valence-corrected chi connectivity index (χ0v) is 14.5. The summed E-state index contributed by atoms with van der Waals surface area (Å²) in [6.45, 7) is 1.07. The van der Waals surface area contributed by atoms with E-state index in [1.54, 1.807) is 24.3 Å². The van der Waals surface area contributed by atoms with E-state index in [0.29, 0.717) is 30.2 Å². The van der Waals surface area contributed by atoms with Crippen molar-refractivity contribution < 1.29 is 23.8 Å². The van der Waals surface area contributed by atoms with Gasteiger partial charge in [-0.1, -0.05) is 12.1 Å². The molecular weight excluding hydrogens is 348 g/mol. The maximum absolute atomic E-state index is 12.2. The number of hydrogen-bond acceptors (Lipinski definition) is 5. The van der Waals surface area contributed by atoms with Crippen LogP contribution in [0.2, 0.25) is 0 Å². The van der Waals surface area contributed by atoms with Gasteiger partial charge >= 0.3 is 5.97 Å². The molecular formula is C20H18N2O5. The molecule has 7 heteroatoms. The first-order chi connectivity index (χ1) is 13.1. The lowest BCUT2D eigenvalue weighted by Crippen LogP contribution is -2.32. The lowest BCUT2D eigenvalue weighted by Gasteiger charge is -2.09. The summed E-state index contributed by atoms with van der Waals surface area (Å²) >= 11 is 0. The van der Waals surface area contributed by atoms with Crippen molar-refractivity contribution >= 4 is 18.0 Å². The van der Waals surface area contributed by atoms with Gasteiger partial charge in [0, 0.05) is 24.8 Å². The van der Waals surface area contributed by atoms with E-state index in [0.717, 1.165) is 12.8 Å². The molecule has 0 spiro atoms. The van der Waals surface area contributed by atoms with E-state index in [2.05, 4.69) is 5.32 Å². The van der Waals surface area contributed by atoms with Crippen LogP contribution in [0.3, 0.4) is 0 Å². The lowest BCUT2D eigenvalue weighted by atomic mass is 10.1. The molecule has 1 aliphatic rings. The molecule has 0 radical (unpaired) electrons. The summed E-state index contributed by atoms with van der Waals surface area (Å²) in [5.74, 6) is -0.611. The molecule has 7 nitrogen and oxygen atoms in total. The van der Waals surface area contributed by atoms with Gasteiger partial charge in [-0.15, -0.1) is 0 Å². The molecule has 2 heterocycles. The Bertz CT molecular complexity index is 899. The number of hydrogen-bond donors (Lipinski definition) is 2. The van der Waals surface area contributed by atoms with Crippen molar-refractivity contribution in [2.45, 2.75) is 18.9 Å². The predicted octanol–water partition coefficient (Wildman–Crippen LogP) is 2.85. The molecule has 3 rings (SSSR count). The molecule has 1 aliphatic heterocycles. The number of aromatic carboxylic acids is 1. The molecule has 27 heavy (non-hydrogen) atoms. The molecule has 0 unspecified atom stereocenters. The first kappa shape index (κ1) is 18.4. The highest BCUT2D eigenvalue weighted by molar-refractivity contribution is 6.01. The van der Waals surface area contributed by atoms with E-state index in [-0.39, 0.29) is 17.2 Å². The van der Waals surface area contributed by atoms with Gasteiger partial charge in [-0.25, -0.2) is 4.79 Å². The zero-order valence-electron chi connectivity index (χ0n) is 14.5. The van der Waals surface area contributed by atoms with Gasteiger partial charge in [0.15, 0.2) is 0 Å². The number of furan rings is 1. The van der Waals surface area contributed by atoms with Gasteiger partial charge in [0.05, 0.1) is 11.7 Å². The third-order valence-electron chi connectivity index (χ3n) is 4.21. The third kappa shape index (κ3) is 4.63. The van der Waals surface area contributed by atoms with Crippen LogP contribution < -0.4 is 5.32 Å². The molecule has 0 saturated carbocycles. The number of carboxylic acid groups (broad SMARTS) is 1. The quantitative estimate of drug-likeness (QED) is 0.600. The van der Waals surface area contributed by atoms with Gasteiger partial charge in [-0.2, -0.15) is 5.26 Å². The summed E-state index contributed by atoms with van der Waals surface area (Å²) in [5, 5.41) is 20.9. The number of carboxylic acids is 1. The fourth-order valence-corrected chi connectivity index (χ4v) is 2.76. The summed E-state index contributed by atoms with van der Waals surface area (Å²) in [6.07, 6.45) is 3.25. The number of carbonyl (C=O) groups is 2. The van der Waals surface area contributed by atoms with E-state index >= 15 is 0 Å². The van der Waals surface area contributed by atoms with E-state index in [1.165, 1.54) is 18.2 Å². The van der Waals surface area contributed by atoms with Crippen molar-refractivity contribution in [1.82, 2.24) is 5.32 Å². The predicted molar refractivity (Wildman–Crippen MR) is 96.7 cm³/mol. The van der Waals surface area contributed by atoms with Crippen LogP contribution in [0.5, 0.6) is 0 Å². The summed E-state index contributed by atoms with van der Waals surface area (Å²) < 4.78 is 11.1. The van der Waals surface area contributed by atoms with E-state index in [4.69, 9.17) is 14.3 Å². The van der Waals surface area contributed by atoms with Gasteiger partial charge in [-0.05, 0) is 37.1 Å². The molecule has 1 amide bonds. The molecule has 0 aliphatic carbocycles. The van der Waals surface area contributed by atoms with Crippen molar-refractivity contribution in [2.24, 2.45) is 0 Å². The second-order valence-corrected chi connectivity index (χ2v) is 6.10. The Hall–Kier alpha value is -3.37. The van der Waals surface area contributed by atoms with Crippen molar-refractivity contribution in [1.29, 1.82) is 5.26 Å². The molecule has 1 aromatic heterocycles. The number of nitriles is 1. The molecule has 2 aromatic rings. The fraction of sp³-hybridized carbons (Fsp3) is 0.250. The monoisotopic (exact) mass is 366 g/mol. The fourth-order valence-electron chi connectivity index (χ4n) is 2.76. The summed E-state index contributed by atoms with van der Waals surface area (Å²) in [6, 6.07) is 11.4. The van der Waals surface area contributed by atoms with Crippen LogP contribution in [0.4, 0.5) is 0 Å². The van der Waals surface area contributed by atoms with Crippen LogP contribution in [0.15, 0.2) is 46.4 Å². The van der Waals surface area contributed by atoms with Crippen LogP contribution in [0, 0.1) is 11.3 Å². The summed E-state index contributed by atoms with van der Waals surface area (Å²) in [5.41, 5.74) is 0.816. The van der Waals surface area contributed by atoms with E-state index in [9.17, 15) is 14.9 Å². The molecule has 1 aromatic carbocycles. The van der Waals surface area contributed by atoms with Gasteiger partial charge in [0.25, 0.3) is 5.91 Å². The van der Waals surface area contributed by atoms with E-state index < -0.39 is 11.9 Å². The summed E-state index contributed by atoms with van der Waals surface area (Å²) in [7, 11) is 0. The van der Waals surface area contributed by atoms with E-state index in [1.807, 2.05) is 6.07 Å². The van der Waals surface area contributed by atoms with Crippen molar-refractivity contribution in [3.8, 4) is 17.4 Å². The lowest BCUT2D eigenvalue weighted by molar-refractivity contribution is -0.117. The average Bonchev–Trinajstić information content (AvgIpc) is 3.36. The molecule has 2 N–H and O–H groups in total. The number of nitrogens with one attached hydrogen (secondary N) is 1. The topological polar surface area (TPSA) is 113 Å². The highest BCUT2D eigenvalue weighted by Gasteiger charge is 2.18. The number of amides is 1. The molecule has 1 atom stereocenters. The summed E-state index contributed by atoms with van der Waals surface area (Å²) in [4.78, 5) is 23.1. The number of benzene rings is 1. The standard InChI is InChI=1S/C20H18N2O5/c21-11-15(19(23)22-12-17-2-1-9-26-17)10-16-7-8-18(27-16)13-3-5-14(6-4-13)20(24)25/h3-8,10,17H,1-2,9,12H2,(H,22,23)(H,24,25)/b15-10+/t17-/m0/s1. The second kappa shape index (κ2) is 8.34. The third-order valence-corrected chi connectivity index (χ3v) is 4.21. The van der Waals surface area contributed by atoms with Crippen molar-refractivity contribution in [3.05, 3.63) is 53.3 Å². The number of rotatable bonds is 6. The van der Waals surface area contributed by atoms with Crippen molar-refractivity contribution in [2.75, 3.05) is 13.2 Å². The minimum atomic E-state index is -1.00. The Morgan fingerprint density at radius 3 is 2.67 bits per heavy atom. The minimum Gasteiger partial charge on any atom is -0.478 e. The Morgan fingerprint density at radius 1 is 1.26 bits per heavy atom. The molecule has 1 saturated heterocycles. The normalized spacial score (nSPS) is 16.7. The average molecular weight is 366 g/mol. The maximum Gasteiger partial charge on any atom is 0.335 e. The first-order valence-electron chi connectivity index (χ1n) is 8.52. The van der Waals surface area contributed by atoms with Crippen LogP contribution in [0.25, 0.3) is 17.4 Å². The van der Waals surface area contributed by atoms with Crippen LogP contribution in [0.1, 0.15) is 29.0 Å². The number of carbonyl (C=O) groups excluding carboxylic acids is 1. The van der Waals surface area contributed by atoms with Gasteiger partial charge in [-0.3, -0.25) is 4.79 Å². The Kier molecular flexibility index (Phi) is 5.69. The number of nitrogens with zero attached hydrogens (tertiary/aromatic N) is 1. The highest BCUT2D eigenvalue weighted by atomic mass is 16.5. The van der Waals surface area contributed by atoms with Gasteiger partial charge in [0.2, 0.25) is 0 Å². The maximum atomic E-state index is 12.2. The van der Waals surface area contributed by atoms with Crippen LogP contribution in [-0.4, -0.2) is 36.2 Å². The molecule has 1 fully saturated rings. The second-order valence-electron chi connectivity index (χ2n) is 6.10. The molecule has 138 valence electrons. The van der Waals surface area contributed by atoms with Crippen LogP contribution in [-0.2, 0) is 9.53 Å². The van der Waals surface area contributed by atoms with Gasteiger partial charge in [0.1, 0.15) is 23.2 Å². The molecule has 0 bridgehead atoms. The Balaban J connectivity index is 1.69. The smallest absolute Gasteiger partial charge is 0.335 e. The SMILES string of the molecule is N#C/C(=C\c1ccc(-c2ccc(C(=O)O)cc2)o1)C(=O)NC[C@@H]1CCCO1. The zero-order chi connectivity index (χ0) is 19.2. The van der Waals surface area contributed by atoms with Crippen LogP contribution >= 0.6 is 0 Å². The highest BCUT2D eigenvalue weighted by Crippen LogP contribution is 2.24. The Labute approximate surface area is 155 Å². The van der Waals surface area contributed by atoms with Crippen molar-refractivity contribution in [3.63, 3.8) is 0 Å².